The molecule has 0 aliphatic rings. The van der Waals surface area contributed by atoms with Crippen LogP contribution in [0, 0.1) is 6.33 Å². The zero-order valence-corrected chi connectivity index (χ0v) is 41.8. The molecule has 0 aliphatic carbocycles. The maximum absolute atomic E-state index is 9.93. The molecular formula is C69H58N4O. The molecule has 9 aromatic carbocycles. The van der Waals surface area contributed by atoms with Crippen LogP contribution in [-0.4, -0.2) is 14.1 Å². The van der Waals surface area contributed by atoms with Gasteiger partial charge >= 0.3 is 0 Å². The van der Waals surface area contributed by atoms with Crippen molar-refractivity contribution in [2.75, 3.05) is 0 Å². The Labute approximate surface area is 449 Å². The van der Waals surface area contributed by atoms with Crippen molar-refractivity contribution in [1.29, 1.82) is 0 Å². The van der Waals surface area contributed by atoms with E-state index < -0.39 is 66.3 Å². The first-order valence-electron chi connectivity index (χ1n) is 30.5. The van der Waals surface area contributed by atoms with Crippen molar-refractivity contribution >= 4 is 32.8 Å². The lowest BCUT2D eigenvalue weighted by atomic mass is 9.84. The lowest BCUT2D eigenvalue weighted by molar-refractivity contribution is -0.571. The summed E-state index contributed by atoms with van der Waals surface area (Å²) in [5, 5.41) is 2.00. The highest BCUT2D eigenvalue weighted by atomic mass is 16.5. The summed E-state index contributed by atoms with van der Waals surface area (Å²) in [5.74, 6) is 0.782. The Kier molecular flexibility index (Phi) is 9.23. The van der Waals surface area contributed by atoms with E-state index >= 15 is 0 Å². The van der Waals surface area contributed by atoms with E-state index in [9.17, 15) is 1.37 Å². The number of ether oxygens (including phenoxy) is 1. The van der Waals surface area contributed by atoms with Crippen molar-refractivity contribution in [1.82, 2.24) is 14.1 Å². The standard InChI is InChI=1S/C69H58N4O/c1-6-47(7-2)60-44-67(70-45-62(60)51-33-36-53(37-34-51)69(3,4)5)73-63-40-35-52(48-21-11-8-12-22-48)41-61(63)59-39-38-56(43-66(59)73)74-55-28-19-27-54(42-55)71-46-72(65-32-18-17-31-64(65)71)68-57(49-23-13-9-14-24-49)29-20-30-58(68)50-25-15-10-16-26-50/h8-45,47H,6-7H2,1-5H3/i9D,10D,13D,14D,15D,16D,23D,24D,25D,26D,47D. The molecule has 0 aliphatic heterocycles. The smallest absolute Gasteiger partial charge is 0.269 e. The Morgan fingerprint density at radius 1 is 0.568 bits per heavy atom. The number of para-hydroxylation sites is 3. The van der Waals surface area contributed by atoms with Gasteiger partial charge in [-0.3, -0.25) is 13.7 Å². The van der Waals surface area contributed by atoms with E-state index in [1.807, 2.05) is 85.1 Å². The van der Waals surface area contributed by atoms with Crippen LogP contribution in [0.2, 0.25) is 0 Å². The summed E-state index contributed by atoms with van der Waals surface area (Å²) in [6, 6.07) is 47.8. The minimum absolute atomic E-state index is 0.0222. The molecule has 0 fully saturated rings. The third-order valence-electron chi connectivity index (χ3n) is 13.9. The SMILES string of the molecule is [2H]c1c([2H])c([2H])c(-c2cccc(-c3c([2H])c([2H])c([2H])c([2H])c3[2H])c2-[n+]2[c-]n(-c3cccc(Oc4ccc5c6cc(-c7ccccc7)ccc6n(-c6cc(C([2H])(CC)CC)c(-c7ccc(C(C)(C)C)cc7)cn6)c5c4)c3)c3ccccc32)c([2H])c1[2H]. The molecule has 0 spiro atoms. The minimum Gasteiger partial charge on any atom is -0.458 e. The third-order valence-corrected chi connectivity index (χ3v) is 13.9. The number of fused-ring (bicyclic) bond motifs is 4. The summed E-state index contributed by atoms with van der Waals surface area (Å²) in [5.41, 5.74) is 9.91. The van der Waals surface area contributed by atoms with E-state index in [2.05, 4.69) is 112 Å². The van der Waals surface area contributed by atoms with Gasteiger partial charge in [-0.05, 0) is 123 Å². The van der Waals surface area contributed by atoms with Gasteiger partial charge < -0.3 is 4.74 Å². The number of hydrogen-bond donors (Lipinski definition) is 0. The number of benzene rings is 9. The highest BCUT2D eigenvalue weighted by Crippen LogP contribution is 2.41. The largest absolute Gasteiger partial charge is 0.458 e. The molecule has 0 atom stereocenters. The van der Waals surface area contributed by atoms with Crippen LogP contribution in [0.15, 0.2) is 230 Å². The van der Waals surface area contributed by atoms with Crippen LogP contribution in [0.25, 0.3) is 94.5 Å². The molecule has 3 heterocycles. The zero-order valence-electron chi connectivity index (χ0n) is 52.8. The second kappa shape index (κ2) is 19.3. The lowest BCUT2D eigenvalue weighted by Crippen LogP contribution is -2.31. The molecule has 0 unspecified atom stereocenters. The summed E-state index contributed by atoms with van der Waals surface area (Å²) >= 11 is 0. The van der Waals surface area contributed by atoms with Crippen LogP contribution in [0.5, 0.6) is 11.5 Å². The highest BCUT2D eigenvalue weighted by Gasteiger charge is 2.23. The molecular weight excluding hydrogens is 901 g/mol. The zero-order chi connectivity index (χ0) is 60.0. The lowest BCUT2D eigenvalue weighted by Gasteiger charge is -2.22. The van der Waals surface area contributed by atoms with Gasteiger partial charge in [0.1, 0.15) is 17.3 Å². The van der Waals surface area contributed by atoms with E-state index in [4.69, 9.17) is 23.4 Å². The summed E-state index contributed by atoms with van der Waals surface area (Å²) < 4.78 is 110. The van der Waals surface area contributed by atoms with Crippen LogP contribution >= 0.6 is 0 Å². The third kappa shape index (κ3) is 8.54. The maximum atomic E-state index is 9.93. The molecule has 360 valence electrons. The molecule has 0 saturated carbocycles. The first-order valence-corrected chi connectivity index (χ1v) is 25.0. The second-order valence-corrected chi connectivity index (χ2v) is 19.4. The van der Waals surface area contributed by atoms with Crippen molar-refractivity contribution < 1.29 is 24.4 Å². The van der Waals surface area contributed by atoms with Crippen LogP contribution in [0.1, 0.15) is 79.6 Å². The van der Waals surface area contributed by atoms with E-state index in [0.29, 0.717) is 46.9 Å². The van der Waals surface area contributed by atoms with Gasteiger partial charge in [-0.2, -0.15) is 0 Å². The minimum atomic E-state index is -0.906. The van der Waals surface area contributed by atoms with Crippen LogP contribution in [0.3, 0.4) is 0 Å². The van der Waals surface area contributed by atoms with E-state index in [1.54, 1.807) is 27.3 Å². The van der Waals surface area contributed by atoms with Gasteiger partial charge in [-0.1, -0.05) is 204 Å². The number of imidazole rings is 1. The Balaban J connectivity index is 1.01. The molecule has 0 radical (unpaired) electrons. The normalized spacial score (nSPS) is 14.0. The van der Waals surface area contributed by atoms with Gasteiger partial charge in [0, 0.05) is 30.0 Å². The molecule has 0 bridgehead atoms. The summed E-state index contributed by atoms with van der Waals surface area (Å²) in [6.45, 7) is 10.7. The monoisotopic (exact) mass is 970 g/mol. The van der Waals surface area contributed by atoms with Crippen LogP contribution in [-0.2, 0) is 5.41 Å². The molecule has 0 amide bonds. The molecule has 5 heteroatoms. The highest BCUT2D eigenvalue weighted by molar-refractivity contribution is 6.10. The van der Waals surface area contributed by atoms with E-state index in [-0.39, 0.29) is 33.4 Å². The Morgan fingerprint density at radius 2 is 1.23 bits per heavy atom. The van der Waals surface area contributed by atoms with Crippen molar-refractivity contribution in [3.05, 3.63) is 248 Å². The van der Waals surface area contributed by atoms with Crippen molar-refractivity contribution in [2.24, 2.45) is 0 Å². The fourth-order valence-corrected chi connectivity index (χ4v) is 10.2. The summed E-state index contributed by atoms with van der Waals surface area (Å²) in [7, 11) is 0. The van der Waals surface area contributed by atoms with Gasteiger partial charge in [0.15, 0.2) is 0 Å². The quantitative estimate of drug-likeness (QED) is 0.0903. The molecule has 74 heavy (non-hydrogen) atoms. The Hall–Kier alpha value is -8.80. The first kappa shape index (κ1) is 35.3. The van der Waals surface area contributed by atoms with Crippen molar-refractivity contribution in [3.8, 4) is 73.2 Å². The molecule has 0 N–H and O–H groups in total. The number of aromatic nitrogens is 4. The number of rotatable bonds is 12. The first-order chi connectivity index (χ1) is 40.7. The second-order valence-electron chi connectivity index (χ2n) is 19.4. The fourth-order valence-electron chi connectivity index (χ4n) is 10.2. The van der Waals surface area contributed by atoms with Crippen LogP contribution < -0.4 is 9.30 Å². The predicted molar refractivity (Wildman–Crippen MR) is 306 cm³/mol. The molecule has 12 rings (SSSR count). The molecule has 0 saturated heterocycles. The van der Waals surface area contributed by atoms with Crippen molar-refractivity contribution in [2.45, 2.75) is 58.8 Å². The number of hydrogen-bond acceptors (Lipinski definition) is 2. The van der Waals surface area contributed by atoms with Crippen molar-refractivity contribution in [3.63, 3.8) is 0 Å². The maximum Gasteiger partial charge on any atom is 0.269 e. The topological polar surface area (TPSA) is 35.9 Å². The number of nitrogens with zero attached hydrogens (tertiary/aromatic N) is 4. The predicted octanol–water partition coefficient (Wildman–Crippen LogP) is 17.9. The average molecular weight is 970 g/mol. The molecule has 12 aromatic rings. The summed E-state index contributed by atoms with van der Waals surface area (Å²) in [6.07, 6.45) is 6.58. The average Bonchev–Trinajstić information content (AvgIpc) is 1.87. The van der Waals surface area contributed by atoms with E-state index in [0.717, 1.165) is 49.6 Å². The number of pyridine rings is 1. The van der Waals surface area contributed by atoms with Crippen LogP contribution in [0.4, 0.5) is 0 Å². The Morgan fingerprint density at radius 3 is 1.93 bits per heavy atom. The van der Waals surface area contributed by atoms with E-state index in [1.165, 1.54) is 5.56 Å². The van der Waals surface area contributed by atoms with Gasteiger partial charge in [-0.25, -0.2) is 4.98 Å². The van der Waals surface area contributed by atoms with Gasteiger partial charge in [-0.15, -0.1) is 0 Å². The molecule has 3 aromatic heterocycles. The van der Waals surface area contributed by atoms with Gasteiger partial charge in [0.2, 0.25) is 0 Å². The Bertz CT molecular complexity index is 4510. The molecule has 5 nitrogen and oxygen atoms in total. The van der Waals surface area contributed by atoms with Gasteiger partial charge in [0.05, 0.1) is 47.1 Å². The fraction of sp³-hybridized carbons (Fsp3) is 0.130. The summed E-state index contributed by atoms with van der Waals surface area (Å²) in [4.78, 5) is 5.23. The van der Waals surface area contributed by atoms with Gasteiger partial charge in [0.25, 0.3) is 6.33 Å².